The lowest BCUT2D eigenvalue weighted by atomic mass is 10.2. The van der Waals surface area contributed by atoms with Crippen molar-refractivity contribution >= 4 is 22.5 Å². The number of nitrogen functional groups attached to an aromatic ring is 1. The van der Waals surface area contributed by atoms with E-state index in [4.69, 9.17) is 5.73 Å². The Hall–Kier alpha value is -2.56. The van der Waals surface area contributed by atoms with Crippen LogP contribution >= 0.6 is 0 Å². The van der Waals surface area contributed by atoms with E-state index in [-0.39, 0.29) is 0 Å². The van der Waals surface area contributed by atoms with Crippen molar-refractivity contribution < 1.29 is 0 Å². The molecule has 0 atom stereocenters. The van der Waals surface area contributed by atoms with Gasteiger partial charge in [-0.1, -0.05) is 6.07 Å². The highest BCUT2D eigenvalue weighted by atomic mass is 15.0. The van der Waals surface area contributed by atoms with Gasteiger partial charge in [-0.25, -0.2) is 9.97 Å². The maximum Gasteiger partial charge on any atom is 0.126 e. The Morgan fingerprint density at radius 2 is 2.00 bits per heavy atom. The highest BCUT2D eigenvalue weighted by Crippen LogP contribution is 2.16. The van der Waals surface area contributed by atoms with Crippen LogP contribution in [0.15, 0.2) is 30.3 Å². The Kier molecular flexibility index (Phi) is 3.02. The van der Waals surface area contributed by atoms with Crippen LogP contribution < -0.4 is 11.1 Å². The summed E-state index contributed by atoms with van der Waals surface area (Å²) in [6, 6.07) is 9.96. The van der Waals surface area contributed by atoms with Gasteiger partial charge in [0.05, 0.1) is 22.4 Å². The fourth-order valence-electron chi connectivity index (χ4n) is 2.16. The summed E-state index contributed by atoms with van der Waals surface area (Å²) in [6.45, 7) is 4.57. The second kappa shape index (κ2) is 4.85. The number of hydrogen-bond acceptors (Lipinski definition) is 4. The van der Waals surface area contributed by atoms with Gasteiger partial charge >= 0.3 is 0 Å². The minimum atomic E-state index is 0.713. The zero-order valence-electron chi connectivity index (χ0n) is 11.6. The van der Waals surface area contributed by atoms with E-state index in [0.717, 1.165) is 28.4 Å². The predicted octanol–water partition coefficient (Wildman–Crippen LogP) is 2.77. The van der Waals surface area contributed by atoms with Crippen molar-refractivity contribution in [1.82, 2.24) is 15.0 Å². The molecule has 0 saturated heterocycles. The number of nitrogens with zero attached hydrogens (tertiary/aromatic N) is 2. The lowest BCUT2D eigenvalue weighted by Gasteiger charge is -2.07. The van der Waals surface area contributed by atoms with Gasteiger partial charge in [0.1, 0.15) is 11.6 Å². The van der Waals surface area contributed by atoms with Crippen molar-refractivity contribution in [1.29, 1.82) is 0 Å². The molecule has 2 heterocycles. The smallest absolute Gasteiger partial charge is 0.126 e. The summed E-state index contributed by atoms with van der Waals surface area (Å²) in [5.74, 6) is 1.76. The number of aromatic nitrogens is 3. The molecule has 0 aliphatic carbocycles. The van der Waals surface area contributed by atoms with Crippen molar-refractivity contribution in [2.45, 2.75) is 20.4 Å². The largest absolute Gasteiger partial charge is 0.397 e. The molecule has 5 heteroatoms. The summed E-state index contributed by atoms with van der Waals surface area (Å²) in [6.07, 6.45) is 0. The third-order valence-corrected chi connectivity index (χ3v) is 3.27. The Morgan fingerprint density at radius 3 is 2.80 bits per heavy atom. The van der Waals surface area contributed by atoms with Crippen LogP contribution in [0.25, 0.3) is 11.0 Å². The molecule has 0 saturated carbocycles. The van der Waals surface area contributed by atoms with E-state index in [9.17, 15) is 0 Å². The number of nitrogens with two attached hydrogens (primary N) is 1. The summed E-state index contributed by atoms with van der Waals surface area (Å²) in [4.78, 5) is 12.0. The lowest BCUT2D eigenvalue weighted by Crippen LogP contribution is -2.03. The van der Waals surface area contributed by atoms with E-state index in [2.05, 4.69) is 32.4 Å². The molecule has 1 aromatic carbocycles. The third-order valence-electron chi connectivity index (χ3n) is 3.27. The van der Waals surface area contributed by atoms with Crippen LogP contribution in [0, 0.1) is 13.8 Å². The predicted molar refractivity (Wildman–Crippen MR) is 81.5 cm³/mol. The number of nitrogens with one attached hydrogen (secondary N) is 2. The van der Waals surface area contributed by atoms with Crippen LogP contribution in [0.1, 0.15) is 17.1 Å². The fraction of sp³-hybridized carbons (Fsp3) is 0.200. The van der Waals surface area contributed by atoms with E-state index in [1.54, 1.807) is 0 Å². The molecule has 3 aromatic rings. The third kappa shape index (κ3) is 2.42. The molecule has 4 N–H and O–H groups in total. The minimum absolute atomic E-state index is 0.713. The van der Waals surface area contributed by atoms with E-state index in [1.165, 1.54) is 5.56 Å². The first-order chi connectivity index (χ1) is 9.61. The number of anilines is 2. The summed E-state index contributed by atoms with van der Waals surface area (Å²) in [5.41, 5.74) is 10.5. The number of fused-ring (bicyclic) bond motifs is 1. The van der Waals surface area contributed by atoms with E-state index < -0.39 is 0 Å². The van der Waals surface area contributed by atoms with Gasteiger partial charge in [0, 0.05) is 6.54 Å². The Bertz CT molecular complexity index is 760. The molecule has 0 radical (unpaired) electrons. The molecule has 0 spiro atoms. The number of benzene rings is 1. The van der Waals surface area contributed by atoms with E-state index >= 15 is 0 Å². The molecule has 0 fully saturated rings. The zero-order chi connectivity index (χ0) is 14.1. The molecule has 102 valence electrons. The van der Waals surface area contributed by atoms with Gasteiger partial charge < -0.3 is 16.0 Å². The first kappa shape index (κ1) is 12.5. The van der Waals surface area contributed by atoms with Gasteiger partial charge in [0.15, 0.2) is 0 Å². The Morgan fingerprint density at radius 1 is 1.15 bits per heavy atom. The van der Waals surface area contributed by atoms with Crippen LogP contribution in [-0.4, -0.2) is 15.0 Å². The van der Waals surface area contributed by atoms with Crippen molar-refractivity contribution in [2.75, 3.05) is 11.1 Å². The molecule has 3 rings (SSSR count). The van der Waals surface area contributed by atoms with Gasteiger partial charge in [0.2, 0.25) is 0 Å². The Labute approximate surface area is 117 Å². The summed E-state index contributed by atoms with van der Waals surface area (Å²) in [5, 5.41) is 3.30. The van der Waals surface area contributed by atoms with Crippen molar-refractivity contribution in [3.05, 3.63) is 47.4 Å². The summed E-state index contributed by atoms with van der Waals surface area (Å²) >= 11 is 0. The maximum absolute atomic E-state index is 5.76. The molecule has 0 aliphatic rings. The summed E-state index contributed by atoms with van der Waals surface area (Å²) in [7, 11) is 0. The normalized spacial score (nSPS) is 10.9. The number of hydrogen-bond donors (Lipinski definition) is 3. The lowest BCUT2D eigenvalue weighted by molar-refractivity contribution is 1.09. The van der Waals surface area contributed by atoms with Crippen LogP contribution in [0.3, 0.4) is 0 Å². The fourth-order valence-corrected chi connectivity index (χ4v) is 2.16. The van der Waals surface area contributed by atoms with Crippen molar-refractivity contribution in [2.24, 2.45) is 0 Å². The number of pyridine rings is 1. The van der Waals surface area contributed by atoms with Crippen LogP contribution in [-0.2, 0) is 6.54 Å². The molecular formula is C15H17N5. The first-order valence-corrected chi connectivity index (χ1v) is 6.54. The number of imidazole rings is 1. The zero-order valence-corrected chi connectivity index (χ0v) is 11.6. The SMILES string of the molecule is Cc1nc2ccc(CNc3ccc(N)c(C)n3)cc2[nH]1. The minimum Gasteiger partial charge on any atom is -0.397 e. The van der Waals surface area contributed by atoms with Crippen LogP contribution in [0.2, 0.25) is 0 Å². The van der Waals surface area contributed by atoms with E-state index in [0.29, 0.717) is 12.2 Å². The average molecular weight is 267 g/mol. The standard InChI is InChI=1S/C15H17N5/c1-9-12(16)4-6-15(18-9)17-8-11-3-5-13-14(7-11)20-10(2)19-13/h3-7H,8,16H2,1-2H3,(H,17,18)(H,19,20). The molecule has 0 bridgehead atoms. The van der Waals surface area contributed by atoms with Crippen LogP contribution in [0.5, 0.6) is 0 Å². The molecule has 20 heavy (non-hydrogen) atoms. The van der Waals surface area contributed by atoms with Gasteiger partial charge in [-0.2, -0.15) is 0 Å². The summed E-state index contributed by atoms with van der Waals surface area (Å²) < 4.78 is 0. The van der Waals surface area contributed by atoms with Crippen LogP contribution in [0.4, 0.5) is 11.5 Å². The number of H-pyrrole nitrogens is 1. The van der Waals surface area contributed by atoms with Gasteiger partial charge in [-0.3, -0.25) is 0 Å². The Balaban J connectivity index is 1.77. The van der Waals surface area contributed by atoms with Crippen molar-refractivity contribution in [3.8, 4) is 0 Å². The molecule has 5 nitrogen and oxygen atoms in total. The number of aryl methyl sites for hydroxylation is 2. The number of aromatic amines is 1. The highest BCUT2D eigenvalue weighted by Gasteiger charge is 2.02. The quantitative estimate of drug-likeness (QED) is 0.681. The van der Waals surface area contributed by atoms with Crippen molar-refractivity contribution in [3.63, 3.8) is 0 Å². The first-order valence-electron chi connectivity index (χ1n) is 6.54. The topological polar surface area (TPSA) is 79.6 Å². The highest BCUT2D eigenvalue weighted by molar-refractivity contribution is 5.75. The monoisotopic (exact) mass is 267 g/mol. The molecule has 0 aliphatic heterocycles. The van der Waals surface area contributed by atoms with Gasteiger partial charge in [0.25, 0.3) is 0 Å². The second-order valence-corrected chi connectivity index (χ2v) is 4.90. The second-order valence-electron chi connectivity index (χ2n) is 4.90. The van der Waals surface area contributed by atoms with Gasteiger partial charge in [-0.05, 0) is 43.7 Å². The average Bonchev–Trinajstić information content (AvgIpc) is 2.79. The molecule has 0 unspecified atom stereocenters. The number of rotatable bonds is 3. The molecule has 2 aromatic heterocycles. The maximum atomic E-state index is 5.76. The molecule has 0 amide bonds. The van der Waals surface area contributed by atoms with E-state index in [1.807, 2.05) is 32.0 Å². The molecular weight excluding hydrogens is 250 g/mol. The van der Waals surface area contributed by atoms with Gasteiger partial charge in [-0.15, -0.1) is 0 Å².